The number of amides is 1. The molecule has 2 aromatic carbocycles. The zero-order valence-electron chi connectivity index (χ0n) is 19.1. The third kappa shape index (κ3) is 5.66. The van der Waals surface area contributed by atoms with Gasteiger partial charge < -0.3 is 14.8 Å². The maximum Gasteiger partial charge on any atom is 0.266 e. The molecule has 35 heavy (non-hydrogen) atoms. The molecule has 0 saturated carbocycles. The van der Waals surface area contributed by atoms with Crippen LogP contribution in [0.4, 0.5) is 5.00 Å². The fraction of sp³-hybridized carbons (Fsp3) is 0.222. The van der Waals surface area contributed by atoms with Crippen molar-refractivity contribution >= 4 is 39.9 Å². The minimum atomic E-state index is -0.551. The minimum absolute atomic E-state index is 0.0721. The molecule has 0 aliphatic heterocycles. The zero-order chi connectivity index (χ0) is 24.8. The lowest BCUT2D eigenvalue weighted by Crippen LogP contribution is -2.13. The second-order valence-corrected chi connectivity index (χ2v) is 9.52. The van der Waals surface area contributed by atoms with Crippen molar-refractivity contribution in [2.75, 3.05) is 12.4 Å². The van der Waals surface area contributed by atoms with E-state index in [2.05, 4.69) is 11.4 Å². The molecule has 8 heteroatoms. The maximum atomic E-state index is 12.9. The molecule has 0 unspecified atom stereocenters. The second-order valence-electron chi connectivity index (χ2n) is 7.98. The van der Waals surface area contributed by atoms with E-state index >= 15 is 0 Å². The number of nitrogens with zero attached hydrogens (tertiary/aromatic N) is 2. The van der Waals surface area contributed by atoms with Crippen LogP contribution in [0.15, 0.2) is 48.0 Å². The Morgan fingerprint density at radius 1 is 1.14 bits per heavy atom. The van der Waals surface area contributed by atoms with Gasteiger partial charge in [0.2, 0.25) is 0 Å². The molecule has 1 amide bonds. The highest BCUT2D eigenvalue weighted by Crippen LogP contribution is 2.38. The number of carbonyl (C=O) groups is 1. The number of fused-ring (bicyclic) bond motifs is 1. The Kier molecular flexibility index (Phi) is 7.72. The summed E-state index contributed by atoms with van der Waals surface area (Å²) in [5.41, 5.74) is 3.03. The number of nitrogens with one attached hydrogen (secondary N) is 1. The number of hydrogen-bond donors (Lipinski definition) is 1. The molecule has 3 aromatic rings. The Morgan fingerprint density at radius 3 is 2.63 bits per heavy atom. The Bertz CT molecular complexity index is 1360. The summed E-state index contributed by atoms with van der Waals surface area (Å²) in [7, 11) is 1.53. The van der Waals surface area contributed by atoms with Crippen molar-refractivity contribution in [3.63, 3.8) is 0 Å². The van der Waals surface area contributed by atoms with Crippen molar-refractivity contribution in [1.29, 1.82) is 10.5 Å². The molecule has 1 aliphatic rings. The van der Waals surface area contributed by atoms with Crippen molar-refractivity contribution in [3.05, 3.63) is 80.2 Å². The van der Waals surface area contributed by atoms with Gasteiger partial charge in [-0.05, 0) is 72.7 Å². The average Bonchev–Trinajstić information content (AvgIpc) is 3.23. The smallest absolute Gasteiger partial charge is 0.266 e. The average molecular weight is 504 g/mol. The normalized spacial score (nSPS) is 12.7. The van der Waals surface area contributed by atoms with Crippen LogP contribution in [0.3, 0.4) is 0 Å². The van der Waals surface area contributed by atoms with Gasteiger partial charge >= 0.3 is 0 Å². The molecule has 1 aliphatic carbocycles. The minimum Gasteiger partial charge on any atom is -0.493 e. The third-order valence-corrected chi connectivity index (χ3v) is 7.14. The van der Waals surface area contributed by atoms with Crippen LogP contribution in [-0.2, 0) is 24.2 Å². The number of thiophene rings is 1. The van der Waals surface area contributed by atoms with E-state index in [1.807, 2.05) is 18.2 Å². The van der Waals surface area contributed by atoms with Crippen LogP contribution >= 0.6 is 22.9 Å². The second kappa shape index (κ2) is 11.1. The number of halogens is 1. The number of benzene rings is 2. The van der Waals surface area contributed by atoms with E-state index in [9.17, 15) is 15.3 Å². The van der Waals surface area contributed by atoms with E-state index in [4.69, 9.17) is 21.1 Å². The van der Waals surface area contributed by atoms with Crippen LogP contribution < -0.4 is 14.8 Å². The van der Waals surface area contributed by atoms with E-state index in [1.54, 1.807) is 30.3 Å². The number of rotatable bonds is 7. The predicted octanol–water partition coefficient (Wildman–Crippen LogP) is 6.29. The maximum absolute atomic E-state index is 12.9. The van der Waals surface area contributed by atoms with Crippen LogP contribution in [0.2, 0.25) is 5.02 Å². The first kappa shape index (κ1) is 24.3. The topological polar surface area (TPSA) is 95.1 Å². The van der Waals surface area contributed by atoms with Crippen molar-refractivity contribution < 1.29 is 14.3 Å². The van der Waals surface area contributed by atoms with Gasteiger partial charge in [0, 0.05) is 9.90 Å². The van der Waals surface area contributed by atoms with Crippen molar-refractivity contribution in [1.82, 2.24) is 0 Å². The fourth-order valence-corrected chi connectivity index (χ4v) is 5.25. The Morgan fingerprint density at radius 2 is 1.91 bits per heavy atom. The molecule has 0 fully saturated rings. The lowest BCUT2D eigenvalue weighted by molar-refractivity contribution is -0.112. The van der Waals surface area contributed by atoms with Crippen LogP contribution in [0.1, 0.15) is 40.0 Å². The highest BCUT2D eigenvalue weighted by Gasteiger charge is 2.22. The Balaban J connectivity index is 1.51. The quantitative estimate of drug-likeness (QED) is 0.302. The van der Waals surface area contributed by atoms with E-state index in [1.165, 1.54) is 24.5 Å². The van der Waals surface area contributed by atoms with Gasteiger partial charge in [0.05, 0.1) is 12.7 Å². The van der Waals surface area contributed by atoms with E-state index < -0.39 is 5.91 Å². The molecular weight excluding hydrogens is 482 g/mol. The predicted molar refractivity (Wildman–Crippen MR) is 137 cm³/mol. The molecule has 1 aromatic heterocycles. The third-order valence-electron chi connectivity index (χ3n) is 5.68. The summed E-state index contributed by atoms with van der Waals surface area (Å²) in [6.45, 7) is 0.334. The van der Waals surface area contributed by atoms with Gasteiger partial charge in [-0.2, -0.15) is 10.5 Å². The lowest BCUT2D eigenvalue weighted by Gasteiger charge is -2.12. The summed E-state index contributed by atoms with van der Waals surface area (Å²) in [5.74, 6) is 0.457. The number of aryl methyl sites for hydroxylation is 1. The summed E-state index contributed by atoms with van der Waals surface area (Å²) in [4.78, 5) is 14.0. The first-order valence-electron chi connectivity index (χ1n) is 11.1. The molecule has 4 rings (SSSR count). The molecule has 0 radical (unpaired) electrons. The number of methoxy groups -OCH3 is 1. The summed E-state index contributed by atoms with van der Waals surface area (Å²) >= 11 is 7.35. The Labute approximate surface area is 213 Å². The number of anilines is 1. The molecule has 0 saturated heterocycles. The number of nitriles is 2. The van der Waals surface area contributed by atoms with Gasteiger partial charge in [-0.15, -0.1) is 11.3 Å². The SMILES string of the molecule is COc1cc(/C=C(\C#N)C(=O)Nc2sc3c(c2C#N)CCCC3)ccc1OCc1ccc(Cl)cc1. The van der Waals surface area contributed by atoms with Gasteiger partial charge in [0.15, 0.2) is 11.5 Å². The summed E-state index contributed by atoms with van der Waals surface area (Å²) < 4.78 is 11.3. The van der Waals surface area contributed by atoms with E-state index in [-0.39, 0.29) is 5.57 Å². The van der Waals surface area contributed by atoms with Crippen LogP contribution in [-0.4, -0.2) is 13.0 Å². The highest BCUT2D eigenvalue weighted by molar-refractivity contribution is 7.16. The van der Waals surface area contributed by atoms with Crippen molar-refractivity contribution in [2.24, 2.45) is 0 Å². The van der Waals surface area contributed by atoms with Gasteiger partial charge in [-0.25, -0.2) is 0 Å². The van der Waals surface area contributed by atoms with E-state index in [0.29, 0.717) is 39.3 Å². The van der Waals surface area contributed by atoms with Crippen LogP contribution in [0, 0.1) is 22.7 Å². The fourth-order valence-electron chi connectivity index (χ4n) is 3.89. The van der Waals surface area contributed by atoms with Crippen molar-refractivity contribution in [2.45, 2.75) is 32.3 Å². The van der Waals surface area contributed by atoms with Gasteiger partial charge in [0.1, 0.15) is 29.3 Å². The van der Waals surface area contributed by atoms with Gasteiger partial charge in [-0.1, -0.05) is 29.8 Å². The number of hydrogen-bond acceptors (Lipinski definition) is 6. The molecular formula is C27H22ClN3O3S. The number of carbonyl (C=O) groups excluding carboxylic acids is 1. The molecule has 6 nitrogen and oxygen atoms in total. The Hall–Kier alpha value is -3.78. The van der Waals surface area contributed by atoms with E-state index in [0.717, 1.165) is 41.7 Å². The largest absolute Gasteiger partial charge is 0.493 e. The standard InChI is InChI=1S/C27H22ClN3O3S/c1-33-24-13-18(8-11-23(24)34-16-17-6-9-20(28)10-7-17)12-19(14-29)26(32)31-27-22(15-30)21-4-2-3-5-25(21)35-27/h6-13H,2-5,16H2,1H3,(H,31,32)/b19-12+. The first-order chi connectivity index (χ1) is 17.0. The summed E-state index contributed by atoms with van der Waals surface area (Å²) in [6.07, 6.45) is 5.36. The highest BCUT2D eigenvalue weighted by atomic mass is 35.5. The van der Waals surface area contributed by atoms with Gasteiger partial charge in [-0.3, -0.25) is 4.79 Å². The van der Waals surface area contributed by atoms with Gasteiger partial charge in [0.25, 0.3) is 5.91 Å². The lowest BCUT2D eigenvalue weighted by atomic mass is 9.96. The summed E-state index contributed by atoms with van der Waals surface area (Å²) in [5, 5.41) is 23.2. The zero-order valence-corrected chi connectivity index (χ0v) is 20.6. The summed E-state index contributed by atoms with van der Waals surface area (Å²) in [6, 6.07) is 16.7. The molecule has 0 bridgehead atoms. The number of ether oxygens (including phenoxy) is 2. The molecule has 176 valence electrons. The van der Waals surface area contributed by atoms with Crippen LogP contribution in [0.25, 0.3) is 6.08 Å². The monoisotopic (exact) mass is 503 g/mol. The first-order valence-corrected chi connectivity index (χ1v) is 12.2. The van der Waals surface area contributed by atoms with Crippen LogP contribution in [0.5, 0.6) is 11.5 Å². The molecule has 0 atom stereocenters. The molecule has 1 N–H and O–H groups in total. The van der Waals surface area contributed by atoms with Crippen molar-refractivity contribution in [3.8, 4) is 23.6 Å². The molecule has 0 spiro atoms. The molecule has 1 heterocycles.